The molecule has 0 aliphatic heterocycles. The third-order valence-electron chi connectivity index (χ3n) is 5.46. The molecule has 0 radical (unpaired) electrons. The van der Waals surface area contributed by atoms with Gasteiger partial charge in [-0.1, -0.05) is 38.0 Å². The van der Waals surface area contributed by atoms with Crippen LogP contribution >= 0.6 is 0 Å². The Balaban J connectivity index is 1.43. The zero-order chi connectivity index (χ0) is 14.7. The fourth-order valence-corrected chi connectivity index (χ4v) is 4.12. The normalized spacial score (nSPS) is 32.5. The van der Waals surface area contributed by atoms with E-state index in [1.165, 1.54) is 50.6 Å². The van der Waals surface area contributed by atoms with E-state index in [0.29, 0.717) is 5.92 Å². The predicted octanol–water partition coefficient (Wildman–Crippen LogP) is 4.36. The van der Waals surface area contributed by atoms with Gasteiger partial charge in [-0.3, -0.25) is 0 Å². The van der Waals surface area contributed by atoms with Crippen LogP contribution in [-0.2, 0) is 0 Å². The van der Waals surface area contributed by atoms with E-state index in [1.807, 2.05) is 0 Å². The highest BCUT2D eigenvalue weighted by atomic mass is 16.5. The predicted molar refractivity (Wildman–Crippen MR) is 87.9 cm³/mol. The lowest BCUT2D eigenvalue weighted by Crippen LogP contribution is -2.42. The van der Waals surface area contributed by atoms with Gasteiger partial charge in [-0.15, -0.1) is 0 Å². The quantitative estimate of drug-likeness (QED) is 0.869. The van der Waals surface area contributed by atoms with E-state index in [4.69, 9.17) is 4.74 Å². The number of nitrogens with one attached hydrogen (secondary N) is 1. The van der Waals surface area contributed by atoms with E-state index >= 15 is 0 Å². The first-order chi connectivity index (χ1) is 10.3. The summed E-state index contributed by atoms with van der Waals surface area (Å²) in [5.41, 5.74) is 1.39. The number of rotatable bonds is 5. The Kier molecular flexibility index (Phi) is 4.84. The van der Waals surface area contributed by atoms with Crippen LogP contribution in [0.1, 0.15) is 56.9 Å². The van der Waals surface area contributed by atoms with Gasteiger partial charge >= 0.3 is 0 Å². The zero-order valence-corrected chi connectivity index (χ0v) is 13.5. The molecule has 1 aromatic rings. The van der Waals surface area contributed by atoms with Crippen LogP contribution in [0.25, 0.3) is 0 Å². The van der Waals surface area contributed by atoms with Crippen molar-refractivity contribution in [3.63, 3.8) is 0 Å². The molecule has 2 saturated carbocycles. The second-order valence-electron chi connectivity index (χ2n) is 7.15. The fraction of sp³-hybridized carbons (Fsp3) is 0.684. The maximum atomic E-state index is 5.48. The van der Waals surface area contributed by atoms with Crippen molar-refractivity contribution in [3.05, 3.63) is 29.8 Å². The molecule has 2 unspecified atom stereocenters. The standard InChI is InChI=1S/C19H29NO/c1-14-6-5-7-15(10-14)13-20-17-11-16(12-17)18-8-3-4-9-19(18)21-2/h3-4,8-9,14-17,20H,5-7,10-13H2,1-2H3. The highest BCUT2D eigenvalue weighted by Crippen LogP contribution is 2.41. The minimum atomic E-state index is 0.684. The largest absolute Gasteiger partial charge is 0.496 e. The molecule has 21 heavy (non-hydrogen) atoms. The van der Waals surface area contributed by atoms with Crippen molar-refractivity contribution in [3.8, 4) is 5.75 Å². The lowest BCUT2D eigenvalue weighted by atomic mass is 9.75. The van der Waals surface area contributed by atoms with Crippen LogP contribution in [0.2, 0.25) is 0 Å². The van der Waals surface area contributed by atoms with Crippen molar-refractivity contribution in [1.29, 1.82) is 0 Å². The molecule has 2 fully saturated rings. The number of benzene rings is 1. The first-order valence-electron chi connectivity index (χ1n) is 8.62. The van der Waals surface area contributed by atoms with Gasteiger partial charge in [0.25, 0.3) is 0 Å². The van der Waals surface area contributed by atoms with Crippen LogP contribution in [0.3, 0.4) is 0 Å². The molecular formula is C19H29NO. The lowest BCUT2D eigenvalue weighted by molar-refractivity contribution is 0.230. The summed E-state index contributed by atoms with van der Waals surface area (Å²) in [4.78, 5) is 0. The molecule has 2 atom stereocenters. The molecule has 0 aromatic heterocycles. The van der Waals surface area contributed by atoms with E-state index in [1.54, 1.807) is 7.11 Å². The second-order valence-corrected chi connectivity index (χ2v) is 7.15. The number of hydrogen-bond donors (Lipinski definition) is 1. The summed E-state index contributed by atoms with van der Waals surface area (Å²) in [5, 5.41) is 3.81. The van der Waals surface area contributed by atoms with Crippen molar-refractivity contribution in [2.24, 2.45) is 11.8 Å². The lowest BCUT2D eigenvalue weighted by Gasteiger charge is -2.38. The van der Waals surface area contributed by atoms with Gasteiger partial charge in [0, 0.05) is 6.04 Å². The van der Waals surface area contributed by atoms with Crippen LogP contribution in [0.15, 0.2) is 24.3 Å². The van der Waals surface area contributed by atoms with Crippen molar-refractivity contribution in [2.45, 2.75) is 57.4 Å². The van der Waals surface area contributed by atoms with Crippen molar-refractivity contribution < 1.29 is 4.74 Å². The van der Waals surface area contributed by atoms with Crippen LogP contribution in [0.5, 0.6) is 5.75 Å². The van der Waals surface area contributed by atoms with Crippen molar-refractivity contribution in [2.75, 3.05) is 13.7 Å². The molecule has 0 bridgehead atoms. The van der Waals surface area contributed by atoms with E-state index in [0.717, 1.165) is 23.6 Å². The summed E-state index contributed by atoms with van der Waals surface area (Å²) in [6, 6.07) is 9.21. The SMILES string of the molecule is COc1ccccc1C1CC(NCC2CCCC(C)C2)C1. The number of ether oxygens (including phenoxy) is 1. The molecule has 2 aliphatic rings. The third kappa shape index (κ3) is 3.60. The number of hydrogen-bond acceptors (Lipinski definition) is 2. The maximum absolute atomic E-state index is 5.48. The van der Waals surface area contributed by atoms with E-state index in [-0.39, 0.29) is 0 Å². The molecule has 2 aliphatic carbocycles. The van der Waals surface area contributed by atoms with Gasteiger partial charge in [0.2, 0.25) is 0 Å². The summed E-state index contributed by atoms with van der Waals surface area (Å²) in [5.74, 6) is 3.60. The van der Waals surface area contributed by atoms with Gasteiger partial charge in [-0.05, 0) is 61.6 Å². The second kappa shape index (κ2) is 6.83. The average Bonchev–Trinajstić information content (AvgIpc) is 2.46. The molecule has 0 heterocycles. The molecule has 3 rings (SSSR count). The highest BCUT2D eigenvalue weighted by Gasteiger charge is 2.32. The summed E-state index contributed by atoms with van der Waals surface area (Å²) in [7, 11) is 1.78. The Labute approximate surface area is 129 Å². The van der Waals surface area contributed by atoms with Crippen molar-refractivity contribution in [1.82, 2.24) is 5.32 Å². The molecule has 116 valence electrons. The van der Waals surface area contributed by atoms with Gasteiger partial charge in [0.1, 0.15) is 5.75 Å². The smallest absolute Gasteiger partial charge is 0.122 e. The summed E-state index contributed by atoms with van der Waals surface area (Å²) >= 11 is 0. The molecule has 0 saturated heterocycles. The highest BCUT2D eigenvalue weighted by molar-refractivity contribution is 5.37. The monoisotopic (exact) mass is 287 g/mol. The average molecular weight is 287 g/mol. The molecule has 2 nitrogen and oxygen atoms in total. The summed E-state index contributed by atoms with van der Waals surface area (Å²) in [6.07, 6.45) is 8.26. The third-order valence-corrected chi connectivity index (χ3v) is 5.46. The van der Waals surface area contributed by atoms with Gasteiger partial charge in [-0.25, -0.2) is 0 Å². The van der Waals surface area contributed by atoms with Gasteiger partial charge in [0.05, 0.1) is 7.11 Å². The fourth-order valence-electron chi connectivity index (χ4n) is 4.12. The number of methoxy groups -OCH3 is 1. The van der Waals surface area contributed by atoms with Gasteiger partial charge in [0.15, 0.2) is 0 Å². The molecule has 1 aromatic carbocycles. The molecule has 0 spiro atoms. The topological polar surface area (TPSA) is 21.3 Å². The Morgan fingerprint density at radius 2 is 1.95 bits per heavy atom. The minimum absolute atomic E-state index is 0.684. The minimum Gasteiger partial charge on any atom is -0.496 e. The van der Waals surface area contributed by atoms with Crippen LogP contribution in [-0.4, -0.2) is 19.7 Å². The summed E-state index contributed by atoms with van der Waals surface area (Å²) in [6.45, 7) is 3.64. The van der Waals surface area contributed by atoms with Crippen LogP contribution in [0, 0.1) is 11.8 Å². The zero-order valence-electron chi connectivity index (χ0n) is 13.5. The summed E-state index contributed by atoms with van der Waals surface area (Å²) < 4.78 is 5.48. The van der Waals surface area contributed by atoms with Crippen LogP contribution in [0.4, 0.5) is 0 Å². The van der Waals surface area contributed by atoms with E-state index in [2.05, 4.69) is 36.5 Å². The Morgan fingerprint density at radius 1 is 1.14 bits per heavy atom. The molecular weight excluding hydrogens is 258 g/mol. The first-order valence-corrected chi connectivity index (χ1v) is 8.62. The van der Waals surface area contributed by atoms with E-state index < -0.39 is 0 Å². The van der Waals surface area contributed by atoms with Gasteiger partial charge in [-0.2, -0.15) is 0 Å². The Morgan fingerprint density at radius 3 is 2.71 bits per heavy atom. The molecule has 2 heteroatoms. The first kappa shape index (κ1) is 14.9. The molecule has 1 N–H and O–H groups in total. The van der Waals surface area contributed by atoms with E-state index in [9.17, 15) is 0 Å². The van der Waals surface area contributed by atoms with Crippen molar-refractivity contribution >= 4 is 0 Å². The van der Waals surface area contributed by atoms with Crippen LogP contribution < -0.4 is 10.1 Å². The van der Waals surface area contributed by atoms with Gasteiger partial charge < -0.3 is 10.1 Å². The Bertz CT molecular complexity index is 453. The maximum Gasteiger partial charge on any atom is 0.122 e. The number of para-hydroxylation sites is 1. The Hall–Kier alpha value is -1.02. The molecule has 0 amide bonds.